The van der Waals surface area contributed by atoms with Gasteiger partial charge in [0.05, 0.1) is 23.8 Å². The Balaban J connectivity index is 2.00. The zero-order chi connectivity index (χ0) is 13.0. The van der Waals surface area contributed by atoms with Gasteiger partial charge in [-0.25, -0.2) is 0 Å². The maximum atomic E-state index is 4.29. The number of aromatic nitrogens is 1. The lowest BCUT2D eigenvalue weighted by Gasteiger charge is -2.37. The Morgan fingerprint density at radius 2 is 2.11 bits per heavy atom. The van der Waals surface area contributed by atoms with Crippen molar-refractivity contribution in [2.24, 2.45) is 0 Å². The van der Waals surface area contributed by atoms with E-state index < -0.39 is 0 Å². The van der Waals surface area contributed by atoms with Crippen LogP contribution in [-0.2, 0) is 0 Å². The number of likely N-dealkylation sites (tertiary alicyclic amines) is 1. The van der Waals surface area contributed by atoms with Gasteiger partial charge in [0.1, 0.15) is 0 Å². The number of hydrogen-bond acceptors (Lipinski definition) is 4. The predicted molar refractivity (Wildman–Crippen MR) is 77.3 cm³/mol. The first-order chi connectivity index (χ1) is 8.74. The van der Waals surface area contributed by atoms with Crippen LogP contribution in [0.25, 0.3) is 0 Å². The average molecular weight is 248 g/mol. The van der Waals surface area contributed by atoms with Crippen molar-refractivity contribution in [3.63, 3.8) is 0 Å². The largest absolute Gasteiger partial charge is 0.387 e. The van der Waals surface area contributed by atoms with Crippen LogP contribution in [0.2, 0.25) is 0 Å². The molecule has 0 aliphatic carbocycles. The predicted octanol–water partition coefficient (Wildman–Crippen LogP) is 2.04. The lowest BCUT2D eigenvalue weighted by atomic mass is 10.0. The number of anilines is 2. The van der Waals surface area contributed by atoms with Gasteiger partial charge in [0, 0.05) is 33.2 Å². The molecule has 0 atom stereocenters. The molecule has 0 aromatic carbocycles. The summed E-state index contributed by atoms with van der Waals surface area (Å²) < 4.78 is 0. The fourth-order valence-corrected chi connectivity index (χ4v) is 2.59. The number of nitrogens with zero attached hydrogens (tertiary/aromatic N) is 3. The van der Waals surface area contributed by atoms with Crippen molar-refractivity contribution in [3.05, 3.63) is 18.5 Å². The van der Waals surface area contributed by atoms with Crippen molar-refractivity contribution in [3.8, 4) is 0 Å². The zero-order valence-corrected chi connectivity index (χ0v) is 11.7. The van der Waals surface area contributed by atoms with Gasteiger partial charge in [-0.3, -0.25) is 4.98 Å². The third-order valence-corrected chi connectivity index (χ3v) is 3.97. The minimum absolute atomic E-state index is 0.640. The normalized spacial score (nSPS) is 17.7. The zero-order valence-electron chi connectivity index (χ0n) is 11.7. The van der Waals surface area contributed by atoms with Gasteiger partial charge in [0.25, 0.3) is 0 Å². The molecule has 0 bridgehead atoms. The number of pyridine rings is 1. The molecule has 0 radical (unpaired) electrons. The van der Waals surface area contributed by atoms with Crippen LogP contribution in [0.15, 0.2) is 18.5 Å². The van der Waals surface area contributed by atoms with E-state index in [2.05, 4.69) is 40.1 Å². The number of hydrogen-bond donors (Lipinski definition) is 1. The molecular formula is C14H24N4. The molecule has 4 heteroatoms. The molecule has 0 saturated carbocycles. The van der Waals surface area contributed by atoms with E-state index in [0.29, 0.717) is 6.04 Å². The first kappa shape index (κ1) is 13.1. The van der Waals surface area contributed by atoms with Gasteiger partial charge >= 0.3 is 0 Å². The number of piperidine rings is 1. The first-order valence-electron chi connectivity index (χ1n) is 6.82. The van der Waals surface area contributed by atoms with Crippen LogP contribution < -0.4 is 10.2 Å². The number of nitrogens with one attached hydrogen (secondary N) is 1. The van der Waals surface area contributed by atoms with E-state index in [4.69, 9.17) is 0 Å². The Labute approximate surface area is 110 Å². The molecule has 1 aromatic rings. The van der Waals surface area contributed by atoms with Crippen molar-refractivity contribution in [2.75, 3.05) is 43.9 Å². The second-order valence-corrected chi connectivity index (χ2v) is 4.96. The molecule has 1 aliphatic rings. The van der Waals surface area contributed by atoms with Crippen LogP contribution in [0.5, 0.6) is 0 Å². The van der Waals surface area contributed by atoms with E-state index in [1.165, 1.54) is 38.2 Å². The van der Waals surface area contributed by atoms with Crippen LogP contribution in [0.4, 0.5) is 11.4 Å². The van der Waals surface area contributed by atoms with Crippen LogP contribution in [0.3, 0.4) is 0 Å². The summed E-state index contributed by atoms with van der Waals surface area (Å²) >= 11 is 0. The fourth-order valence-electron chi connectivity index (χ4n) is 2.59. The Hall–Kier alpha value is -1.29. The molecule has 4 nitrogen and oxygen atoms in total. The highest BCUT2D eigenvalue weighted by molar-refractivity contribution is 5.55. The lowest BCUT2D eigenvalue weighted by molar-refractivity contribution is 0.221. The van der Waals surface area contributed by atoms with Gasteiger partial charge in [-0.05, 0) is 25.5 Å². The summed E-state index contributed by atoms with van der Waals surface area (Å²) in [5.74, 6) is 0. The molecule has 2 rings (SSSR count). The van der Waals surface area contributed by atoms with Crippen LogP contribution in [0, 0.1) is 0 Å². The van der Waals surface area contributed by atoms with E-state index in [0.717, 1.165) is 5.69 Å². The molecule has 100 valence electrons. The van der Waals surface area contributed by atoms with Crippen molar-refractivity contribution in [2.45, 2.75) is 25.8 Å². The average Bonchev–Trinajstić information content (AvgIpc) is 2.46. The Bertz CT molecular complexity index is 372. The van der Waals surface area contributed by atoms with Crippen molar-refractivity contribution >= 4 is 11.4 Å². The fraction of sp³-hybridized carbons (Fsp3) is 0.643. The SMILES string of the molecule is CCN1CCC(N(C)c2cncc(NC)c2)CC1. The standard InChI is InChI=1S/C14H24N4/c1-4-18-7-5-13(6-8-18)17(3)14-9-12(15-2)10-16-11-14/h9-11,13,15H,4-8H2,1-3H3. The molecule has 1 fully saturated rings. The highest BCUT2D eigenvalue weighted by atomic mass is 15.2. The second kappa shape index (κ2) is 6.05. The molecule has 0 unspecified atom stereocenters. The molecule has 2 heterocycles. The first-order valence-corrected chi connectivity index (χ1v) is 6.82. The Morgan fingerprint density at radius 3 is 2.72 bits per heavy atom. The third kappa shape index (κ3) is 2.93. The van der Waals surface area contributed by atoms with E-state index in [-0.39, 0.29) is 0 Å². The van der Waals surface area contributed by atoms with Gasteiger partial charge in [-0.1, -0.05) is 6.92 Å². The van der Waals surface area contributed by atoms with Crippen molar-refractivity contribution in [1.29, 1.82) is 0 Å². The van der Waals surface area contributed by atoms with Crippen molar-refractivity contribution < 1.29 is 0 Å². The van der Waals surface area contributed by atoms with Crippen LogP contribution in [-0.4, -0.2) is 49.7 Å². The summed E-state index contributed by atoms with van der Waals surface area (Å²) in [5, 5.41) is 3.14. The van der Waals surface area contributed by atoms with Gasteiger partial charge in [0.15, 0.2) is 0 Å². The maximum absolute atomic E-state index is 4.29. The third-order valence-electron chi connectivity index (χ3n) is 3.97. The van der Waals surface area contributed by atoms with E-state index in [1.807, 2.05) is 19.4 Å². The van der Waals surface area contributed by atoms with Gasteiger partial charge in [-0.2, -0.15) is 0 Å². The minimum atomic E-state index is 0.640. The summed E-state index contributed by atoms with van der Waals surface area (Å²) in [7, 11) is 4.11. The van der Waals surface area contributed by atoms with Crippen molar-refractivity contribution in [1.82, 2.24) is 9.88 Å². The maximum Gasteiger partial charge on any atom is 0.0573 e. The minimum Gasteiger partial charge on any atom is -0.387 e. The van der Waals surface area contributed by atoms with Crippen LogP contribution >= 0.6 is 0 Å². The molecule has 1 aromatic heterocycles. The highest BCUT2D eigenvalue weighted by Gasteiger charge is 2.21. The molecule has 1 saturated heterocycles. The van der Waals surface area contributed by atoms with E-state index in [1.54, 1.807) is 0 Å². The molecule has 1 N–H and O–H groups in total. The van der Waals surface area contributed by atoms with Gasteiger partial charge in [-0.15, -0.1) is 0 Å². The smallest absolute Gasteiger partial charge is 0.0573 e. The summed E-state index contributed by atoms with van der Waals surface area (Å²) in [6.45, 7) is 5.84. The van der Waals surface area contributed by atoms with E-state index >= 15 is 0 Å². The van der Waals surface area contributed by atoms with Gasteiger partial charge < -0.3 is 15.1 Å². The highest BCUT2D eigenvalue weighted by Crippen LogP contribution is 2.23. The summed E-state index contributed by atoms with van der Waals surface area (Å²) in [5.41, 5.74) is 2.28. The van der Waals surface area contributed by atoms with Gasteiger partial charge in [0.2, 0.25) is 0 Å². The summed E-state index contributed by atoms with van der Waals surface area (Å²) in [4.78, 5) is 9.18. The Morgan fingerprint density at radius 1 is 1.39 bits per heavy atom. The van der Waals surface area contributed by atoms with E-state index in [9.17, 15) is 0 Å². The molecule has 18 heavy (non-hydrogen) atoms. The lowest BCUT2D eigenvalue weighted by Crippen LogP contribution is -2.43. The molecule has 0 spiro atoms. The second-order valence-electron chi connectivity index (χ2n) is 4.96. The molecular weight excluding hydrogens is 224 g/mol. The monoisotopic (exact) mass is 248 g/mol. The molecule has 0 amide bonds. The Kier molecular flexibility index (Phi) is 4.42. The van der Waals surface area contributed by atoms with Crippen LogP contribution in [0.1, 0.15) is 19.8 Å². The summed E-state index contributed by atoms with van der Waals surface area (Å²) in [6.07, 6.45) is 6.30. The quantitative estimate of drug-likeness (QED) is 0.883. The topological polar surface area (TPSA) is 31.4 Å². The number of rotatable bonds is 4. The summed E-state index contributed by atoms with van der Waals surface area (Å²) in [6, 6.07) is 2.81. The molecule has 1 aliphatic heterocycles.